The van der Waals surface area contributed by atoms with Crippen molar-refractivity contribution in [2.75, 3.05) is 13.2 Å². The molecule has 1 N–H and O–H groups in total. The van der Waals surface area contributed by atoms with Crippen LogP contribution in [0.5, 0.6) is 0 Å². The van der Waals surface area contributed by atoms with E-state index in [-0.39, 0.29) is 24.3 Å². The van der Waals surface area contributed by atoms with Gasteiger partial charge in [0.1, 0.15) is 5.56 Å². The van der Waals surface area contributed by atoms with Crippen molar-refractivity contribution in [3.8, 4) is 11.4 Å². The van der Waals surface area contributed by atoms with Gasteiger partial charge in [0.25, 0.3) is 0 Å². The number of carbonyl (C=O) groups excluding carboxylic acids is 2. The summed E-state index contributed by atoms with van der Waals surface area (Å²) >= 11 is 0. The van der Waals surface area contributed by atoms with Crippen LogP contribution in [0.4, 0.5) is 0 Å². The number of pyridine rings is 1. The lowest BCUT2D eigenvalue weighted by Gasteiger charge is -2.07. The molecule has 0 aliphatic rings. The number of aromatic nitrogens is 2. The zero-order valence-corrected chi connectivity index (χ0v) is 12.8. The first-order valence-electron chi connectivity index (χ1n) is 7.08. The third-order valence-corrected chi connectivity index (χ3v) is 3.07. The monoisotopic (exact) mass is 302 g/mol. The number of hydrogen-bond acceptors (Lipinski definition) is 5. The number of esters is 2. The van der Waals surface area contributed by atoms with Crippen molar-refractivity contribution in [3.05, 3.63) is 41.2 Å². The topological polar surface area (TPSA) is 81.3 Å². The number of nitrogens with one attached hydrogen (secondary N) is 1. The lowest BCUT2D eigenvalue weighted by molar-refractivity contribution is 0.0480. The van der Waals surface area contributed by atoms with E-state index in [1.54, 1.807) is 45.2 Å². The van der Waals surface area contributed by atoms with Gasteiger partial charge < -0.3 is 14.5 Å². The molecule has 0 saturated carbocycles. The van der Waals surface area contributed by atoms with Crippen molar-refractivity contribution in [1.29, 1.82) is 0 Å². The fourth-order valence-corrected chi connectivity index (χ4v) is 2.19. The average Bonchev–Trinajstić information content (AvgIpc) is 2.86. The van der Waals surface area contributed by atoms with Gasteiger partial charge in [0.15, 0.2) is 0 Å². The van der Waals surface area contributed by atoms with E-state index in [0.717, 1.165) is 0 Å². The Morgan fingerprint density at radius 3 is 2.27 bits per heavy atom. The van der Waals surface area contributed by atoms with Crippen LogP contribution in [-0.4, -0.2) is 35.1 Å². The van der Waals surface area contributed by atoms with Gasteiger partial charge in [-0.05, 0) is 32.9 Å². The van der Waals surface area contributed by atoms with Crippen molar-refractivity contribution in [3.63, 3.8) is 0 Å². The number of H-pyrrole nitrogens is 1. The molecule has 2 heterocycles. The fourth-order valence-electron chi connectivity index (χ4n) is 2.19. The summed E-state index contributed by atoms with van der Waals surface area (Å²) in [6, 6.07) is 5.33. The molecule has 0 fully saturated rings. The minimum absolute atomic E-state index is 0.163. The number of nitrogens with zero attached hydrogens (tertiary/aromatic N) is 1. The Morgan fingerprint density at radius 1 is 1.09 bits per heavy atom. The summed E-state index contributed by atoms with van der Waals surface area (Å²) in [7, 11) is 0. The molecule has 0 bridgehead atoms. The minimum atomic E-state index is -0.574. The maximum Gasteiger partial charge on any atom is 0.341 e. The van der Waals surface area contributed by atoms with Crippen LogP contribution < -0.4 is 0 Å². The van der Waals surface area contributed by atoms with Crippen molar-refractivity contribution in [1.82, 2.24) is 9.97 Å². The van der Waals surface area contributed by atoms with Gasteiger partial charge in [-0.2, -0.15) is 0 Å². The highest BCUT2D eigenvalue weighted by atomic mass is 16.5. The maximum atomic E-state index is 12.3. The quantitative estimate of drug-likeness (QED) is 0.859. The van der Waals surface area contributed by atoms with Gasteiger partial charge in [-0.15, -0.1) is 0 Å². The molecule has 2 rings (SSSR count). The normalized spacial score (nSPS) is 10.3. The first-order chi connectivity index (χ1) is 10.6. The van der Waals surface area contributed by atoms with Crippen LogP contribution in [0.25, 0.3) is 11.4 Å². The van der Waals surface area contributed by atoms with E-state index in [9.17, 15) is 9.59 Å². The van der Waals surface area contributed by atoms with E-state index in [1.807, 2.05) is 0 Å². The molecule has 0 atom stereocenters. The predicted octanol–water partition coefficient (Wildman–Crippen LogP) is 2.74. The van der Waals surface area contributed by atoms with Gasteiger partial charge in [-0.1, -0.05) is 6.07 Å². The molecule has 0 aromatic carbocycles. The molecule has 2 aromatic heterocycles. The number of carbonyl (C=O) groups is 2. The Bertz CT molecular complexity index is 677. The second-order valence-corrected chi connectivity index (χ2v) is 4.53. The number of aromatic amines is 1. The van der Waals surface area contributed by atoms with Gasteiger partial charge in [0.05, 0.1) is 30.2 Å². The van der Waals surface area contributed by atoms with Crippen LogP contribution in [-0.2, 0) is 9.47 Å². The SMILES string of the molecule is CCOC(=O)c1c(C)[nH]c(-c2ccccn2)c1C(=O)OCC. The van der Waals surface area contributed by atoms with E-state index in [1.165, 1.54) is 0 Å². The largest absolute Gasteiger partial charge is 0.462 e. The lowest BCUT2D eigenvalue weighted by atomic mass is 10.1. The molecule has 0 unspecified atom stereocenters. The molecule has 0 saturated heterocycles. The fraction of sp³-hybridized carbons (Fsp3) is 0.312. The third-order valence-electron chi connectivity index (χ3n) is 3.07. The van der Waals surface area contributed by atoms with Gasteiger partial charge >= 0.3 is 11.9 Å². The summed E-state index contributed by atoms with van der Waals surface area (Å²) in [6.45, 7) is 5.57. The molecule has 0 amide bonds. The number of hydrogen-bond donors (Lipinski definition) is 1. The van der Waals surface area contributed by atoms with Crippen molar-refractivity contribution in [2.45, 2.75) is 20.8 Å². The van der Waals surface area contributed by atoms with Gasteiger partial charge in [-0.3, -0.25) is 4.98 Å². The molecular formula is C16H18N2O4. The minimum Gasteiger partial charge on any atom is -0.462 e. The summed E-state index contributed by atoms with van der Waals surface area (Å²) in [5.74, 6) is -1.13. The highest BCUT2D eigenvalue weighted by Gasteiger charge is 2.29. The van der Waals surface area contributed by atoms with Crippen LogP contribution in [0.3, 0.4) is 0 Å². The summed E-state index contributed by atoms with van der Waals surface area (Å²) in [4.78, 5) is 31.7. The van der Waals surface area contributed by atoms with E-state index in [2.05, 4.69) is 9.97 Å². The molecule has 6 nitrogen and oxygen atoms in total. The van der Waals surface area contributed by atoms with E-state index >= 15 is 0 Å². The van der Waals surface area contributed by atoms with Crippen LogP contribution >= 0.6 is 0 Å². The average molecular weight is 302 g/mol. The van der Waals surface area contributed by atoms with Crippen LogP contribution in [0.15, 0.2) is 24.4 Å². The van der Waals surface area contributed by atoms with Gasteiger partial charge in [0.2, 0.25) is 0 Å². The Morgan fingerprint density at radius 2 is 1.73 bits per heavy atom. The Labute approximate surface area is 128 Å². The van der Waals surface area contributed by atoms with Gasteiger partial charge in [0, 0.05) is 11.9 Å². The maximum absolute atomic E-state index is 12.3. The molecular weight excluding hydrogens is 284 g/mol. The van der Waals surface area contributed by atoms with Crippen LogP contribution in [0.1, 0.15) is 40.3 Å². The van der Waals surface area contributed by atoms with Crippen molar-refractivity contribution < 1.29 is 19.1 Å². The standard InChI is InChI=1S/C16H18N2O4/c1-4-21-15(19)12-10(3)18-14(11-8-6-7-9-17-11)13(12)16(20)22-5-2/h6-9,18H,4-5H2,1-3H3. The zero-order valence-electron chi connectivity index (χ0n) is 12.8. The molecule has 0 spiro atoms. The molecule has 116 valence electrons. The second-order valence-electron chi connectivity index (χ2n) is 4.53. The van der Waals surface area contributed by atoms with Crippen molar-refractivity contribution in [2.24, 2.45) is 0 Å². The Hall–Kier alpha value is -2.63. The second kappa shape index (κ2) is 6.89. The first kappa shape index (κ1) is 15.8. The molecule has 0 aliphatic heterocycles. The summed E-state index contributed by atoms with van der Waals surface area (Å²) in [5.41, 5.74) is 1.92. The number of aryl methyl sites for hydroxylation is 1. The van der Waals surface area contributed by atoms with Gasteiger partial charge in [-0.25, -0.2) is 9.59 Å². The van der Waals surface area contributed by atoms with E-state index < -0.39 is 11.9 Å². The number of ether oxygens (including phenoxy) is 2. The van der Waals surface area contributed by atoms with Crippen LogP contribution in [0.2, 0.25) is 0 Å². The molecule has 0 aliphatic carbocycles. The van der Waals surface area contributed by atoms with E-state index in [0.29, 0.717) is 17.1 Å². The zero-order chi connectivity index (χ0) is 16.1. The third kappa shape index (κ3) is 3.00. The lowest BCUT2D eigenvalue weighted by Crippen LogP contribution is -2.14. The summed E-state index contributed by atoms with van der Waals surface area (Å²) < 4.78 is 10.1. The predicted molar refractivity (Wildman–Crippen MR) is 80.7 cm³/mol. The molecule has 22 heavy (non-hydrogen) atoms. The summed E-state index contributed by atoms with van der Waals surface area (Å²) in [6.07, 6.45) is 1.62. The van der Waals surface area contributed by atoms with Crippen LogP contribution in [0, 0.1) is 6.92 Å². The smallest absolute Gasteiger partial charge is 0.341 e. The number of rotatable bonds is 5. The highest BCUT2D eigenvalue weighted by Crippen LogP contribution is 2.28. The Balaban J connectivity index is 2.62. The molecule has 6 heteroatoms. The van der Waals surface area contributed by atoms with E-state index in [4.69, 9.17) is 9.47 Å². The Kier molecular flexibility index (Phi) is 4.93. The van der Waals surface area contributed by atoms with Crippen molar-refractivity contribution >= 4 is 11.9 Å². The first-order valence-corrected chi connectivity index (χ1v) is 7.08. The summed E-state index contributed by atoms with van der Waals surface area (Å²) in [5, 5.41) is 0. The molecule has 2 aromatic rings. The highest BCUT2D eigenvalue weighted by molar-refractivity contribution is 6.08. The molecule has 0 radical (unpaired) electrons.